The number of para-hydroxylation sites is 1. The number of carbonyl (C=O) groups is 1. The fraction of sp³-hybridized carbons (Fsp3) is 0.533. The second-order valence-electron chi connectivity index (χ2n) is 5.38. The van der Waals surface area contributed by atoms with E-state index in [0.717, 1.165) is 18.7 Å². The minimum Gasteiger partial charge on any atom is -0.484 e. The highest BCUT2D eigenvalue weighted by Gasteiger charge is 2.41. The van der Waals surface area contributed by atoms with Crippen LogP contribution in [0.1, 0.15) is 13.3 Å². The Kier molecular flexibility index (Phi) is 3.42. The summed E-state index contributed by atoms with van der Waals surface area (Å²) in [5.74, 6) is 1.30. The van der Waals surface area contributed by atoms with Gasteiger partial charge in [0.1, 0.15) is 5.75 Å². The van der Waals surface area contributed by atoms with E-state index in [1.807, 2.05) is 35.2 Å². The van der Waals surface area contributed by atoms with Gasteiger partial charge in [-0.2, -0.15) is 0 Å². The van der Waals surface area contributed by atoms with E-state index in [-0.39, 0.29) is 18.6 Å². The maximum atomic E-state index is 12.1. The van der Waals surface area contributed by atoms with Crippen molar-refractivity contribution in [1.82, 2.24) is 4.90 Å². The molecule has 2 heterocycles. The van der Waals surface area contributed by atoms with Gasteiger partial charge in [-0.25, -0.2) is 0 Å². The van der Waals surface area contributed by atoms with Gasteiger partial charge in [-0.3, -0.25) is 4.79 Å². The molecule has 0 spiro atoms. The van der Waals surface area contributed by atoms with E-state index in [2.05, 4.69) is 6.92 Å². The van der Waals surface area contributed by atoms with Crippen molar-refractivity contribution in [1.29, 1.82) is 0 Å². The van der Waals surface area contributed by atoms with Crippen molar-refractivity contribution in [3.05, 3.63) is 30.3 Å². The summed E-state index contributed by atoms with van der Waals surface area (Å²) in [5.41, 5.74) is 0. The van der Waals surface area contributed by atoms with Crippen LogP contribution in [0.5, 0.6) is 5.75 Å². The lowest BCUT2D eigenvalue weighted by molar-refractivity contribution is -0.133. The van der Waals surface area contributed by atoms with E-state index >= 15 is 0 Å². The molecule has 19 heavy (non-hydrogen) atoms. The highest BCUT2D eigenvalue weighted by Crippen LogP contribution is 2.32. The van der Waals surface area contributed by atoms with Crippen molar-refractivity contribution in [3.8, 4) is 5.75 Å². The van der Waals surface area contributed by atoms with Crippen LogP contribution in [0.25, 0.3) is 0 Å². The summed E-state index contributed by atoms with van der Waals surface area (Å²) in [6, 6.07) is 9.44. The number of amides is 1. The summed E-state index contributed by atoms with van der Waals surface area (Å²) in [5, 5.41) is 0. The second kappa shape index (κ2) is 5.21. The van der Waals surface area contributed by atoms with Gasteiger partial charge in [0.05, 0.1) is 12.2 Å². The Morgan fingerprint density at radius 1 is 1.37 bits per heavy atom. The van der Waals surface area contributed by atoms with E-state index < -0.39 is 0 Å². The quantitative estimate of drug-likeness (QED) is 0.831. The summed E-state index contributed by atoms with van der Waals surface area (Å²) in [7, 11) is 0. The number of carbonyl (C=O) groups excluding carboxylic acids is 1. The fourth-order valence-corrected chi connectivity index (χ4v) is 2.96. The van der Waals surface area contributed by atoms with Gasteiger partial charge in [-0.1, -0.05) is 18.2 Å². The highest BCUT2D eigenvalue weighted by molar-refractivity contribution is 5.78. The third-order valence-corrected chi connectivity index (χ3v) is 3.88. The topological polar surface area (TPSA) is 38.8 Å². The first-order chi connectivity index (χ1) is 9.22. The van der Waals surface area contributed by atoms with E-state index in [4.69, 9.17) is 9.47 Å². The Morgan fingerprint density at radius 2 is 2.16 bits per heavy atom. The van der Waals surface area contributed by atoms with Crippen LogP contribution < -0.4 is 4.74 Å². The van der Waals surface area contributed by atoms with E-state index in [9.17, 15) is 4.79 Å². The van der Waals surface area contributed by atoms with E-state index in [1.165, 1.54) is 0 Å². The molecule has 102 valence electrons. The van der Waals surface area contributed by atoms with Gasteiger partial charge in [0.15, 0.2) is 6.61 Å². The number of nitrogens with zero attached hydrogens (tertiary/aromatic N) is 1. The average molecular weight is 261 g/mol. The molecule has 1 amide bonds. The summed E-state index contributed by atoms with van der Waals surface area (Å²) in [6.45, 7) is 3.74. The number of likely N-dealkylation sites (tertiary alicyclic amines) is 1. The molecule has 2 aliphatic heterocycles. The molecule has 0 saturated carbocycles. The second-order valence-corrected chi connectivity index (χ2v) is 5.38. The molecule has 4 nitrogen and oxygen atoms in total. The molecule has 1 aromatic carbocycles. The smallest absolute Gasteiger partial charge is 0.260 e. The van der Waals surface area contributed by atoms with Gasteiger partial charge in [0, 0.05) is 19.0 Å². The van der Waals surface area contributed by atoms with Crippen LogP contribution in [0, 0.1) is 5.92 Å². The molecule has 0 unspecified atom stereocenters. The Labute approximate surface area is 113 Å². The monoisotopic (exact) mass is 261 g/mol. The Morgan fingerprint density at radius 3 is 2.89 bits per heavy atom. The van der Waals surface area contributed by atoms with E-state index in [1.54, 1.807) is 0 Å². The summed E-state index contributed by atoms with van der Waals surface area (Å²) < 4.78 is 11.3. The zero-order valence-electron chi connectivity index (χ0n) is 11.1. The third-order valence-electron chi connectivity index (χ3n) is 3.88. The van der Waals surface area contributed by atoms with Gasteiger partial charge in [0.25, 0.3) is 5.91 Å². The predicted octanol–water partition coefficient (Wildman–Crippen LogP) is 1.70. The van der Waals surface area contributed by atoms with Crippen molar-refractivity contribution in [2.24, 2.45) is 5.92 Å². The lowest BCUT2D eigenvalue weighted by Gasteiger charge is -2.18. The van der Waals surface area contributed by atoms with Crippen LogP contribution in [0.2, 0.25) is 0 Å². The first-order valence-electron chi connectivity index (χ1n) is 6.83. The zero-order valence-corrected chi connectivity index (χ0v) is 11.1. The molecule has 0 N–H and O–H groups in total. The van der Waals surface area contributed by atoms with Gasteiger partial charge in [-0.15, -0.1) is 0 Å². The Balaban J connectivity index is 1.50. The van der Waals surface area contributed by atoms with Gasteiger partial charge >= 0.3 is 0 Å². The standard InChI is InChI=1S/C15H19NO3/c1-11-7-12-8-16(9-14(12)19-11)15(17)10-18-13-5-3-2-4-6-13/h2-6,11-12,14H,7-10H2,1H3/t11-,12+,14-/m1/s1. The zero-order chi connectivity index (χ0) is 13.2. The van der Waals surface area contributed by atoms with Gasteiger partial charge in [-0.05, 0) is 25.5 Å². The highest BCUT2D eigenvalue weighted by atomic mass is 16.5. The van der Waals surface area contributed by atoms with E-state index in [0.29, 0.717) is 18.6 Å². The van der Waals surface area contributed by atoms with Crippen molar-refractivity contribution >= 4 is 5.91 Å². The van der Waals surface area contributed by atoms with Gasteiger partial charge in [0.2, 0.25) is 0 Å². The largest absolute Gasteiger partial charge is 0.484 e. The normalized spacial score (nSPS) is 29.3. The van der Waals surface area contributed by atoms with Crippen molar-refractivity contribution < 1.29 is 14.3 Å². The molecule has 0 radical (unpaired) electrons. The number of hydrogen-bond donors (Lipinski definition) is 0. The molecular formula is C15H19NO3. The molecule has 3 rings (SSSR count). The minimum atomic E-state index is 0.0505. The van der Waals surface area contributed by atoms with Crippen molar-refractivity contribution in [3.63, 3.8) is 0 Å². The molecule has 0 bridgehead atoms. The summed E-state index contributed by atoms with van der Waals surface area (Å²) >= 11 is 0. The molecule has 0 aromatic heterocycles. The lowest BCUT2D eigenvalue weighted by Crippen LogP contribution is -2.34. The molecule has 2 saturated heterocycles. The number of benzene rings is 1. The van der Waals surface area contributed by atoms with Crippen LogP contribution >= 0.6 is 0 Å². The number of rotatable bonds is 3. The maximum Gasteiger partial charge on any atom is 0.260 e. The molecule has 1 aromatic rings. The molecule has 2 aliphatic rings. The van der Waals surface area contributed by atoms with Crippen LogP contribution in [0.15, 0.2) is 30.3 Å². The first-order valence-corrected chi connectivity index (χ1v) is 6.83. The lowest BCUT2D eigenvalue weighted by atomic mass is 10.0. The summed E-state index contributed by atoms with van der Waals surface area (Å²) in [4.78, 5) is 13.9. The Bertz CT molecular complexity index is 434. The van der Waals surface area contributed by atoms with Crippen molar-refractivity contribution in [2.75, 3.05) is 19.7 Å². The number of hydrogen-bond acceptors (Lipinski definition) is 3. The van der Waals surface area contributed by atoms with Crippen LogP contribution in [0.3, 0.4) is 0 Å². The predicted molar refractivity (Wildman–Crippen MR) is 71.0 cm³/mol. The molecular weight excluding hydrogens is 242 g/mol. The Hall–Kier alpha value is -1.55. The number of ether oxygens (including phenoxy) is 2. The molecule has 4 heteroatoms. The number of fused-ring (bicyclic) bond motifs is 1. The molecule has 0 aliphatic carbocycles. The van der Waals surface area contributed by atoms with Crippen molar-refractivity contribution in [2.45, 2.75) is 25.6 Å². The van der Waals surface area contributed by atoms with Crippen LogP contribution in [-0.4, -0.2) is 42.7 Å². The molecule has 2 fully saturated rings. The van der Waals surface area contributed by atoms with Gasteiger partial charge < -0.3 is 14.4 Å². The fourth-order valence-electron chi connectivity index (χ4n) is 2.96. The first kappa shape index (κ1) is 12.5. The summed E-state index contributed by atoms with van der Waals surface area (Å²) in [6.07, 6.45) is 1.64. The SMILES string of the molecule is C[C@@H]1C[C@H]2CN(C(=O)COc3ccccc3)C[C@H]2O1. The molecule has 3 atom stereocenters. The third kappa shape index (κ3) is 2.73. The minimum absolute atomic E-state index is 0.0505. The van der Waals surface area contributed by atoms with Crippen LogP contribution in [0.4, 0.5) is 0 Å². The van der Waals surface area contributed by atoms with Crippen LogP contribution in [-0.2, 0) is 9.53 Å². The maximum absolute atomic E-state index is 12.1. The average Bonchev–Trinajstić information content (AvgIpc) is 2.94.